The largest absolute Gasteiger partial charge is 0.419 e. The van der Waals surface area contributed by atoms with E-state index in [1.807, 2.05) is 0 Å². The van der Waals surface area contributed by atoms with E-state index in [0.29, 0.717) is 15.8 Å². The van der Waals surface area contributed by atoms with Gasteiger partial charge in [-0.2, -0.15) is 0 Å². The first-order chi connectivity index (χ1) is 10.5. The molecule has 0 aliphatic carbocycles. The van der Waals surface area contributed by atoms with Crippen molar-refractivity contribution in [2.45, 2.75) is 10.8 Å². The van der Waals surface area contributed by atoms with Gasteiger partial charge < -0.3 is 4.42 Å². The first-order valence-corrected chi connectivity index (χ1v) is 8.70. The van der Waals surface area contributed by atoms with Crippen molar-refractivity contribution in [3.05, 3.63) is 46.9 Å². The van der Waals surface area contributed by atoms with Crippen LogP contribution in [0.4, 0.5) is 0 Å². The Labute approximate surface area is 135 Å². The summed E-state index contributed by atoms with van der Waals surface area (Å²) in [5.41, 5.74) is 0.710. The molecule has 0 radical (unpaired) electrons. The summed E-state index contributed by atoms with van der Waals surface area (Å²) in [5, 5.41) is 7.67. The lowest BCUT2D eigenvalue weighted by Crippen LogP contribution is -2.22. The normalized spacial score (nSPS) is 11.7. The van der Waals surface area contributed by atoms with Crippen molar-refractivity contribution in [3.8, 4) is 11.5 Å². The van der Waals surface area contributed by atoms with Crippen LogP contribution in [0, 0.1) is 0 Å². The van der Waals surface area contributed by atoms with Gasteiger partial charge in [0.1, 0.15) is 4.21 Å². The van der Waals surface area contributed by atoms with Crippen LogP contribution in [0.25, 0.3) is 11.5 Å². The van der Waals surface area contributed by atoms with Gasteiger partial charge in [-0.1, -0.05) is 11.6 Å². The highest BCUT2D eigenvalue weighted by molar-refractivity contribution is 7.91. The molecule has 0 saturated heterocycles. The number of thiophene rings is 1. The van der Waals surface area contributed by atoms with Gasteiger partial charge in [0.15, 0.2) is 0 Å². The number of halogens is 1. The molecule has 3 heterocycles. The molecular weight excluding hydrogens is 348 g/mol. The van der Waals surface area contributed by atoms with Crippen LogP contribution >= 0.6 is 22.9 Å². The van der Waals surface area contributed by atoms with Crippen LogP contribution in [-0.2, 0) is 16.6 Å². The van der Waals surface area contributed by atoms with E-state index in [-0.39, 0.29) is 16.6 Å². The van der Waals surface area contributed by atoms with Crippen molar-refractivity contribution in [1.29, 1.82) is 0 Å². The van der Waals surface area contributed by atoms with Crippen molar-refractivity contribution >= 4 is 33.0 Å². The van der Waals surface area contributed by atoms with Gasteiger partial charge in [0.2, 0.25) is 11.8 Å². The number of nitrogens with zero attached hydrogens (tertiary/aromatic N) is 3. The highest BCUT2D eigenvalue weighted by Gasteiger charge is 2.18. The summed E-state index contributed by atoms with van der Waals surface area (Å²) in [6, 6.07) is 6.39. The highest BCUT2D eigenvalue weighted by atomic mass is 35.5. The predicted molar refractivity (Wildman–Crippen MR) is 80.9 cm³/mol. The van der Waals surface area contributed by atoms with E-state index in [4.69, 9.17) is 16.0 Å². The number of rotatable bonds is 5. The Kier molecular flexibility index (Phi) is 4.21. The smallest absolute Gasteiger partial charge is 0.250 e. The summed E-state index contributed by atoms with van der Waals surface area (Å²) in [4.78, 5) is 3.89. The fourth-order valence-electron chi connectivity index (χ4n) is 1.61. The Morgan fingerprint density at radius 2 is 1.95 bits per heavy atom. The third-order valence-electron chi connectivity index (χ3n) is 2.62. The third-order valence-corrected chi connectivity index (χ3v) is 5.75. The average Bonchev–Trinajstić information content (AvgIpc) is 3.15. The Morgan fingerprint density at radius 3 is 2.64 bits per heavy atom. The van der Waals surface area contributed by atoms with Crippen LogP contribution in [0.15, 0.2) is 45.3 Å². The lowest BCUT2D eigenvalue weighted by Gasteiger charge is -2.01. The van der Waals surface area contributed by atoms with Gasteiger partial charge in [-0.3, -0.25) is 4.98 Å². The molecular formula is C12H9ClN4O3S2. The quantitative estimate of drug-likeness (QED) is 0.753. The second kappa shape index (κ2) is 6.13. The summed E-state index contributed by atoms with van der Waals surface area (Å²) in [5.74, 6) is 0.466. The van der Waals surface area contributed by atoms with Crippen LogP contribution < -0.4 is 4.72 Å². The number of pyridine rings is 1. The van der Waals surface area contributed by atoms with E-state index >= 15 is 0 Å². The summed E-state index contributed by atoms with van der Waals surface area (Å²) < 4.78 is 32.4. The third kappa shape index (κ3) is 3.33. The molecule has 0 unspecified atom stereocenters. The van der Waals surface area contributed by atoms with E-state index in [1.54, 1.807) is 24.5 Å². The van der Waals surface area contributed by atoms with E-state index < -0.39 is 10.0 Å². The van der Waals surface area contributed by atoms with Gasteiger partial charge in [0.05, 0.1) is 10.9 Å². The van der Waals surface area contributed by atoms with Gasteiger partial charge in [-0.25, -0.2) is 13.1 Å². The molecule has 0 aliphatic rings. The monoisotopic (exact) mass is 356 g/mol. The molecule has 0 aromatic carbocycles. The molecule has 3 aromatic rings. The maximum Gasteiger partial charge on any atom is 0.250 e. The van der Waals surface area contributed by atoms with E-state index in [0.717, 1.165) is 11.3 Å². The molecule has 0 saturated carbocycles. The van der Waals surface area contributed by atoms with Crippen molar-refractivity contribution in [2.75, 3.05) is 0 Å². The molecule has 22 heavy (non-hydrogen) atoms. The predicted octanol–water partition coefficient (Wildman–Crippen LogP) is 2.33. The second-order valence-electron chi connectivity index (χ2n) is 4.12. The average molecular weight is 357 g/mol. The van der Waals surface area contributed by atoms with Crippen molar-refractivity contribution < 1.29 is 12.8 Å². The second-order valence-corrected chi connectivity index (χ2v) is 7.83. The van der Waals surface area contributed by atoms with Gasteiger partial charge in [0, 0.05) is 18.0 Å². The van der Waals surface area contributed by atoms with Crippen LogP contribution in [0.1, 0.15) is 5.89 Å². The molecule has 0 atom stereocenters. The number of nitrogens with one attached hydrogen (secondary N) is 1. The number of aromatic nitrogens is 3. The summed E-state index contributed by atoms with van der Waals surface area (Å²) in [7, 11) is -3.65. The highest BCUT2D eigenvalue weighted by Crippen LogP contribution is 2.25. The topological polar surface area (TPSA) is 98.0 Å². The van der Waals surface area contributed by atoms with Crippen LogP contribution in [0.3, 0.4) is 0 Å². The van der Waals surface area contributed by atoms with Crippen LogP contribution in [0.5, 0.6) is 0 Å². The van der Waals surface area contributed by atoms with E-state index in [1.165, 1.54) is 12.1 Å². The molecule has 114 valence electrons. The summed E-state index contributed by atoms with van der Waals surface area (Å²) in [6.45, 7) is -0.101. The minimum Gasteiger partial charge on any atom is -0.419 e. The fraction of sp³-hybridized carbons (Fsp3) is 0.0833. The van der Waals surface area contributed by atoms with E-state index in [2.05, 4.69) is 19.9 Å². The molecule has 1 N–H and O–H groups in total. The summed E-state index contributed by atoms with van der Waals surface area (Å²) >= 11 is 6.71. The standard InChI is InChI=1S/C12H9ClN4O3S2/c13-9-1-2-11(21-9)22(18,19)15-7-10-16-17-12(20-10)8-3-5-14-6-4-8/h1-6,15H,7H2. The molecule has 7 nitrogen and oxygen atoms in total. The SMILES string of the molecule is O=S(=O)(NCc1nnc(-c2ccncc2)o1)c1ccc(Cl)s1. The molecule has 0 spiro atoms. The first kappa shape index (κ1) is 15.1. The molecule has 0 aliphatic heterocycles. The Bertz CT molecular complexity index is 877. The number of hydrogen-bond donors (Lipinski definition) is 1. The van der Waals surface area contributed by atoms with Gasteiger partial charge in [-0.05, 0) is 24.3 Å². The Morgan fingerprint density at radius 1 is 1.18 bits per heavy atom. The lowest BCUT2D eigenvalue weighted by molar-refractivity contribution is 0.494. The zero-order valence-electron chi connectivity index (χ0n) is 10.9. The molecule has 0 bridgehead atoms. The summed E-state index contributed by atoms with van der Waals surface area (Å²) in [6.07, 6.45) is 3.20. The molecule has 0 fully saturated rings. The molecule has 0 amide bonds. The zero-order chi connectivity index (χ0) is 15.6. The van der Waals surface area contributed by atoms with Gasteiger partial charge >= 0.3 is 0 Å². The number of sulfonamides is 1. The molecule has 3 rings (SSSR count). The van der Waals surface area contributed by atoms with Crippen LogP contribution in [-0.4, -0.2) is 23.6 Å². The Balaban J connectivity index is 1.71. The Hall–Kier alpha value is -1.81. The lowest BCUT2D eigenvalue weighted by atomic mass is 10.3. The van der Waals surface area contributed by atoms with Crippen molar-refractivity contribution in [1.82, 2.24) is 19.9 Å². The van der Waals surface area contributed by atoms with Crippen molar-refractivity contribution in [3.63, 3.8) is 0 Å². The zero-order valence-corrected chi connectivity index (χ0v) is 13.3. The maximum atomic E-state index is 12.0. The van der Waals surface area contributed by atoms with Crippen molar-refractivity contribution in [2.24, 2.45) is 0 Å². The first-order valence-electron chi connectivity index (χ1n) is 6.02. The number of hydrogen-bond acceptors (Lipinski definition) is 7. The van der Waals surface area contributed by atoms with E-state index in [9.17, 15) is 8.42 Å². The van der Waals surface area contributed by atoms with Gasteiger partial charge in [0.25, 0.3) is 10.0 Å². The minimum absolute atomic E-state index is 0.101. The molecule has 10 heteroatoms. The minimum atomic E-state index is -3.65. The van der Waals surface area contributed by atoms with Gasteiger partial charge in [-0.15, -0.1) is 21.5 Å². The maximum absolute atomic E-state index is 12.0. The molecule has 3 aromatic heterocycles. The van der Waals surface area contributed by atoms with Crippen LogP contribution in [0.2, 0.25) is 4.34 Å². The fourth-order valence-corrected chi connectivity index (χ4v) is 4.11.